The van der Waals surface area contributed by atoms with Crippen LogP contribution < -0.4 is 4.90 Å². The molecule has 0 aliphatic carbocycles. The Kier molecular flexibility index (Phi) is 3.85. The van der Waals surface area contributed by atoms with Crippen LogP contribution in [0.5, 0.6) is 0 Å². The summed E-state index contributed by atoms with van der Waals surface area (Å²) in [6, 6.07) is 7.61. The zero-order valence-corrected chi connectivity index (χ0v) is 9.45. The Bertz CT molecular complexity index is 484. The van der Waals surface area contributed by atoms with Gasteiger partial charge in [0.05, 0.1) is 30.4 Å². The summed E-state index contributed by atoms with van der Waals surface area (Å²) < 4.78 is 0. The molecular formula is C12H15N3O2. The van der Waals surface area contributed by atoms with Gasteiger partial charge in [-0.1, -0.05) is 12.1 Å². The molecule has 0 bridgehead atoms. The number of hydrogen-bond donors (Lipinski definition) is 2. The molecule has 5 heteroatoms. The standard InChI is InChI=1S/C12H15N3O2/c16-7-5-15(6-8-17)12-9-13-10-3-1-2-4-11(10)14-12/h1-4,9,16-17H,5-8H2. The van der Waals surface area contributed by atoms with Crippen LogP contribution in [0.15, 0.2) is 30.5 Å². The fraction of sp³-hybridized carbons (Fsp3) is 0.333. The third-order valence-corrected chi connectivity index (χ3v) is 2.50. The van der Waals surface area contributed by atoms with Gasteiger partial charge >= 0.3 is 0 Å². The molecular weight excluding hydrogens is 218 g/mol. The first-order chi connectivity index (χ1) is 8.35. The largest absolute Gasteiger partial charge is 0.395 e. The Balaban J connectivity index is 2.32. The number of aliphatic hydroxyl groups excluding tert-OH is 2. The zero-order chi connectivity index (χ0) is 12.1. The fourth-order valence-corrected chi connectivity index (χ4v) is 1.68. The quantitative estimate of drug-likeness (QED) is 0.783. The van der Waals surface area contributed by atoms with Gasteiger partial charge in [0.15, 0.2) is 0 Å². The van der Waals surface area contributed by atoms with Gasteiger partial charge in [0.1, 0.15) is 5.82 Å². The molecule has 1 aromatic carbocycles. The smallest absolute Gasteiger partial charge is 0.148 e. The molecule has 1 heterocycles. The van der Waals surface area contributed by atoms with Crippen LogP contribution in [-0.2, 0) is 0 Å². The van der Waals surface area contributed by atoms with Gasteiger partial charge in [0.25, 0.3) is 0 Å². The van der Waals surface area contributed by atoms with Gasteiger partial charge in [-0.05, 0) is 12.1 Å². The SMILES string of the molecule is OCCN(CCO)c1cnc2ccccc2n1. The predicted molar refractivity (Wildman–Crippen MR) is 65.9 cm³/mol. The van der Waals surface area contributed by atoms with Gasteiger partial charge in [-0.25, -0.2) is 4.98 Å². The van der Waals surface area contributed by atoms with Crippen molar-refractivity contribution in [3.05, 3.63) is 30.5 Å². The van der Waals surface area contributed by atoms with E-state index in [1.807, 2.05) is 24.3 Å². The van der Waals surface area contributed by atoms with E-state index in [2.05, 4.69) is 9.97 Å². The number of aliphatic hydroxyl groups is 2. The van der Waals surface area contributed by atoms with Crippen LogP contribution >= 0.6 is 0 Å². The van der Waals surface area contributed by atoms with Crippen molar-refractivity contribution in [2.75, 3.05) is 31.2 Å². The van der Waals surface area contributed by atoms with Crippen LogP contribution in [0.4, 0.5) is 5.82 Å². The van der Waals surface area contributed by atoms with E-state index in [4.69, 9.17) is 10.2 Å². The molecule has 0 amide bonds. The van der Waals surface area contributed by atoms with Crippen molar-refractivity contribution in [1.29, 1.82) is 0 Å². The number of benzene rings is 1. The second kappa shape index (κ2) is 5.56. The first-order valence-electron chi connectivity index (χ1n) is 5.53. The molecule has 2 rings (SSSR count). The summed E-state index contributed by atoms with van der Waals surface area (Å²) in [5, 5.41) is 17.9. The number of nitrogens with zero attached hydrogens (tertiary/aromatic N) is 3. The molecule has 17 heavy (non-hydrogen) atoms. The fourth-order valence-electron chi connectivity index (χ4n) is 1.68. The summed E-state index contributed by atoms with van der Waals surface area (Å²) in [4.78, 5) is 10.6. The van der Waals surface area contributed by atoms with Crippen LogP contribution in [-0.4, -0.2) is 46.5 Å². The van der Waals surface area contributed by atoms with E-state index >= 15 is 0 Å². The summed E-state index contributed by atoms with van der Waals surface area (Å²) in [6.07, 6.45) is 1.66. The molecule has 0 fully saturated rings. The summed E-state index contributed by atoms with van der Waals surface area (Å²) >= 11 is 0. The molecule has 90 valence electrons. The zero-order valence-electron chi connectivity index (χ0n) is 9.45. The highest BCUT2D eigenvalue weighted by Crippen LogP contribution is 2.14. The Morgan fingerprint density at radius 1 is 1.00 bits per heavy atom. The van der Waals surface area contributed by atoms with Gasteiger partial charge in [-0.3, -0.25) is 4.98 Å². The van der Waals surface area contributed by atoms with Crippen molar-refractivity contribution >= 4 is 16.9 Å². The minimum absolute atomic E-state index is 0.0223. The molecule has 0 unspecified atom stereocenters. The molecule has 0 spiro atoms. The monoisotopic (exact) mass is 233 g/mol. The number of aromatic nitrogens is 2. The number of hydrogen-bond acceptors (Lipinski definition) is 5. The number of anilines is 1. The first-order valence-corrected chi connectivity index (χ1v) is 5.53. The van der Waals surface area contributed by atoms with Crippen molar-refractivity contribution in [3.8, 4) is 0 Å². The van der Waals surface area contributed by atoms with Crippen molar-refractivity contribution < 1.29 is 10.2 Å². The topological polar surface area (TPSA) is 69.5 Å². The maximum absolute atomic E-state index is 8.97. The minimum Gasteiger partial charge on any atom is -0.395 e. The maximum Gasteiger partial charge on any atom is 0.148 e. The van der Waals surface area contributed by atoms with Crippen LogP contribution in [0.2, 0.25) is 0 Å². The molecule has 2 N–H and O–H groups in total. The van der Waals surface area contributed by atoms with Gasteiger partial charge < -0.3 is 15.1 Å². The van der Waals surface area contributed by atoms with Crippen LogP contribution in [0, 0.1) is 0 Å². The summed E-state index contributed by atoms with van der Waals surface area (Å²) in [7, 11) is 0. The second-order valence-electron chi connectivity index (χ2n) is 3.65. The third-order valence-electron chi connectivity index (χ3n) is 2.50. The normalized spacial score (nSPS) is 10.7. The molecule has 5 nitrogen and oxygen atoms in total. The molecule has 0 radical (unpaired) electrons. The molecule has 0 saturated carbocycles. The van der Waals surface area contributed by atoms with E-state index in [0.717, 1.165) is 11.0 Å². The lowest BCUT2D eigenvalue weighted by molar-refractivity contribution is 0.280. The molecule has 1 aromatic heterocycles. The Morgan fingerprint density at radius 3 is 2.29 bits per heavy atom. The number of para-hydroxylation sites is 2. The van der Waals surface area contributed by atoms with Crippen molar-refractivity contribution in [3.63, 3.8) is 0 Å². The van der Waals surface area contributed by atoms with E-state index in [1.165, 1.54) is 0 Å². The minimum atomic E-state index is 0.0223. The maximum atomic E-state index is 8.97. The Morgan fingerprint density at radius 2 is 1.65 bits per heavy atom. The molecule has 0 atom stereocenters. The van der Waals surface area contributed by atoms with Crippen molar-refractivity contribution in [1.82, 2.24) is 9.97 Å². The van der Waals surface area contributed by atoms with Crippen LogP contribution in [0.1, 0.15) is 0 Å². The lowest BCUT2D eigenvalue weighted by Crippen LogP contribution is -2.30. The van der Waals surface area contributed by atoms with E-state index in [-0.39, 0.29) is 13.2 Å². The highest BCUT2D eigenvalue weighted by molar-refractivity contribution is 5.75. The molecule has 2 aromatic rings. The average molecular weight is 233 g/mol. The van der Waals surface area contributed by atoms with Crippen LogP contribution in [0.3, 0.4) is 0 Å². The molecule has 0 aliphatic rings. The Hall–Kier alpha value is -1.72. The highest BCUT2D eigenvalue weighted by Gasteiger charge is 2.07. The number of fused-ring (bicyclic) bond motifs is 1. The predicted octanol–water partition coefficient (Wildman–Crippen LogP) is 0.421. The van der Waals surface area contributed by atoms with E-state index in [0.29, 0.717) is 18.9 Å². The lowest BCUT2D eigenvalue weighted by atomic mass is 10.3. The van der Waals surface area contributed by atoms with Crippen LogP contribution in [0.25, 0.3) is 11.0 Å². The Labute approximate surface area is 99.4 Å². The van der Waals surface area contributed by atoms with Gasteiger partial charge in [-0.2, -0.15) is 0 Å². The van der Waals surface area contributed by atoms with E-state index in [1.54, 1.807) is 11.1 Å². The van der Waals surface area contributed by atoms with Gasteiger partial charge in [0, 0.05) is 13.1 Å². The summed E-state index contributed by atoms with van der Waals surface area (Å²) in [5.74, 6) is 0.673. The van der Waals surface area contributed by atoms with Crippen molar-refractivity contribution in [2.24, 2.45) is 0 Å². The van der Waals surface area contributed by atoms with E-state index < -0.39 is 0 Å². The van der Waals surface area contributed by atoms with E-state index in [9.17, 15) is 0 Å². The summed E-state index contributed by atoms with van der Waals surface area (Å²) in [6.45, 7) is 0.921. The lowest BCUT2D eigenvalue weighted by Gasteiger charge is -2.21. The second-order valence-corrected chi connectivity index (χ2v) is 3.65. The van der Waals surface area contributed by atoms with Gasteiger partial charge in [0.2, 0.25) is 0 Å². The van der Waals surface area contributed by atoms with Gasteiger partial charge in [-0.15, -0.1) is 0 Å². The van der Waals surface area contributed by atoms with Crippen molar-refractivity contribution in [2.45, 2.75) is 0 Å². The number of rotatable bonds is 5. The summed E-state index contributed by atoms with van der Waals surface area (Å²) in [5.41, 5.74) is 1.65. The highest BCUT2D eigenvalue weighted by atomic mass is 16.3. The molecule has 0 aliphatic heterocycles. The first kappa shape index (κ1) is 11.8. The average Bonchev–Trinajstić information content (AvgIpc) is 2.38. The third kappa shape index (κ3) is 2.69. The molecule has 0 saturated heterocycles.